The van der Waals surface area contributed by atoms with Crippen molar-refractivity contribution in [2.75, 3.05) is 13.2 Å². The zero-order chi connectivity index (χ0) is 16.9. The second-order valence-corrected chi connectivity index (χ2v) is 6.83. The van der Waals surface area contributed by atoms with Gasteiger partial charge in [-0.25, -0.2) is 9.59 Å². The summed E-state index contributed by atoms with van der Waals surface area (Å²) in [5.74, 6) is 2.14. The van der Waals surface area contributed by atoms with Gasteiger partial charge in [-0.05, 0) is 56.8 Å². The molecule has 0 aromatic rings. The van der Waals surface area contributed by atoms with Crippen LogP contribution < -0.4 is 0 Å². The lowest BCUT2D eigenvalue weighted by molar-refractivity contribution is -0.142. The summed E-state index contributed by atoms with van der Waals surface area (Å²) in [6, 6.07) is 0. The highest BCUT2D eigenvalue weighted by atomic mass is 16.5. The van der Waals surface area contributed by atoms with Crippen LogP contribution in [0.2, 0.25) is 0 Å². The van der Waals surface area contributed by atoms with Gasteiger partial charge in [0.05, 0.1) is 13.2 Å². The minimum atomic E-state index is -0.359. The fourth-order valence-electron chi connectivity index (χ4n) is 4.93. The summed E-state index contributed by atoms with van der Waals surface area (Å²) in [4.78, 5) is 21.3. The van der Waals surface area contributed by atoms with Crippen molar-refractivity contribution in [1.82, 2.24) is 0 Å². The summed E-state index contributed by atoms with van der Waals surface area (Å²) in [7, 11) is 0. The highest BCUT2D eigenvalue weighted by Gasteiger charge is 2.59. The molecule has 3 aliphatic rings. The molecule has 3 saturated carbocycles. The van der Waals surface area contributed by atoms with E-state index in [1.165, 1.54) is 44.6 Å². The maximum Gasteiger partial charge on any atom is 0.330 e. The van der Waals surface area contributed by atoms with Gasteiger partial charge in [-0.3, -0.25) is 0 Å². The molecule has 0 aromatic carbocycles. The molecule has 4 nitrogen and oxygen atoms in total. The molecule has 0 N–H and O–H groups in total. The molecule has 2 unspecified atom stereocenters. The Hall–Kier alpha value is -1.52. The molecule has 4 atom stereocenters. The van der Waals surface area contributed by atoms with Crippen molar-refractivity contribution < 1.29 is 19.1 Å². The molecule has 3 rings (SSSR count). The normalized spacial score (nSPS) is 31.8. The Morgan fingerprint density at radius 2 is 1.79 bits per heavy atom. The fraction of sp³-hybridized carbons (Fsp3) is 0.684. The van der Waals surface area contributed by atoms with Crippen LogP contribution in [0, 0.1) is 23.2 Å². The van der Waals surface area contributed by atoms with E-state index in [9.17, 15) is 9.59 Å². The summed E-state index contributed by atoms with van der Waals surface area (Å²) < 4.78 is 9.78. The zero-order valence-electron chi connectivity index (χ0n) is 14.7. The molecule has 5 heteroatoms. The lowest BCUT2D eigenvalue weighted by Gasteiger charge is -2.35. The molecule has 3 aliphatic carbocycles. The van der Waals surface area contributed by atoms with Crippen LogP contribution in [-0.2, 0) is 19.1 Å². The van der Waals surface area contributed by atoms with Crippen LogP contribution in [0.1, 0.15) is 45.4 Å². The smallest absolute Gasteiger partial charge is 0.330 e. The lowest BCUT2D eigenvalue weighted by Crippen LogP contribution is -2.33. The molecule has 24 heavy (non-hydrogen) atoms. The predicted molar refractivity (Wildman–Crippen MR) is 94.3 cm³/mol. The fourth-order valence-corrected chi connectivity index (χ4v) is 4.93. The first-order valence-electron chi connectivity index (χ1n) is 8.64. The molecule has 0 amide bonds. The molecule has 0 saturated heterocycles. The van der Waals surface area contributed by atoms with Crippen molar-refractivity contribution in [3.63, 3.8) is 0 Å². The second kappa shape index (κ2) is 9.09. The number of ether oxygens (including phenoxy) is 2. The van der Waals surface area contributed by atoms with Crippen molar-refractivity contribution in [2.45, 2.75) is 45.4 Å². The van der Waals surface area contributed by atoms with Gasteiger partial charge in [0.2, 0.25) is 0 Å². The Kier molecular flexibility index (Phi) is 7.78. The van der Waals surface area contributed by atoms with E-state index in [-0.39, 0.29) is 20.4 Å². The van der Waals surface area contributed by atoms with Crippen molar-refractivity contribution in [3.05, 3.63) is 25.3 Å². The van der Waals surface area contributed by atoms with Gasteiger partial charge in [-0.15, -0.1) is 0 Å². The molecule has 0 aromatic heterocycles. The van der Waals surface area contributed by atoms with Crippen LogP contribution in [0.25, 0.3) is 0 Å². The lowest BCUT2D eigenvalue weighted by atomic mass is 9.72. The summed E-state index contributed by atoms with van der Waals surface area (Å²) in [6.07, 6.45) is 10.6. The number of rotatable bonds is 5. The average molecular weight is 331 g/mol. The number of esters is 2. The average Bonchev–Trinajstić information content (AvgIpc) is 3.26. The predicted octanol–water partition coefficient (Wildman–Crippen LogP) is 3.29. The quantitative estimate of drug-likeness (QED) is 0.441. The van der Waals surface area contributed by atoms with Gasteiger partial charge in [0.1, 0.15) is 0 Å². The molecule has 0 heterocycles. The van der Waals surface area contributed by atoms with Crippen molar-refractivity contribution >= 4 is 20.4 Å². The number of hydrogen-bond donors (Lipinski definition) is 0. The monoisotopic (exact) mass is 331 g/mol. The van der Waals surface area contributed by atoms with E-state index in [0.717, 1.165) is 23.8 Å². The first-order chi connectivity index (χ1) is 11.1. The Morgan fingerprint density at radius 1 is 1.12 bits per heavy atom. The number of carbonyl (C=O) groups is 2. The number of fused-ring (bicyclic) bond motifs is 5. The maximum absolute atomic E-state index is 11.2. The molecule has 0 spiro atoms. The Labute approximate surface area is 147 Å². The van der Waals surface area contributed by atoms with Crippen molar-refractivity contribution in [2.24, 2.45) is 23.2 Å². The molecular formula is C19H28BO4. The van der Waals surface area contributed by atoms with Crippen LogP contribution in [-0.4, -0.2) is 33.6 Å². The molecule has 3 fully saturated rings. The van der Waals surface area contributed by atoms with E-state index >= 15 is 0 Å². The highest BCUT2D eigenvalue weighted by molar-refractivity contribution is 5.81. The number of hydrogen-bond acceptors (Lipinski definition) is 4. The van der Waals surface area contributed by atoms with E-state index in [1.54, 1.807) is 6.92 Å². The number of carbonyl (C=O) groups excluding carboxylic acids is 2. The SMILES string of the molecule is C=CC(=O)OCC.C=CC(=O)OCC12CCC(C1)[C@@H]1CCC[C@H]12.[B]. The first kappa shape index (κ1) is 20.5. The van der Waals surface area contributed by atoms with E-state index < -0.39 is 0 Å². The summed E-state index contributed by atoms with van der Waals surface area (Å²) in [5.41, 5.74) is 0.352. The van der Waals surface area contributed by atoms with E-state index in [2.05, 4.69) is 17.9 Å². The van der Waals surface area contributed by atoms with Crippen LogP contribution in [0.5, 0.6) is 0 Å². The molecular weight excluding hydrogens is 303 g/mol. The topological polar surface area (TPSA) is 52.6 Å². The Balaban J connectivity index is 0.000000312. The zero-order valence-corrected chi connectivity index (χ0v) is 14.7. The van der Waals surface area contributed by atoms with E-state index in [1.807, 2.05) is 0 Å². The minimum absolute atomic E-state index is 0. The van der Waals surface area contributed by atoms with Crippen LogP contribution in [0.15, 0.2) is 25.3 Å². The Bertz CT molecular complexity index is 476. The largest absolute Gasteiger partial charge is 0.463 e. The van der Waals surface area contributed by atoms with Crippen LogP contribution in [0.4, 0.5) is 0 Å². The first-order valence-corrected chi connectivity index (χ1v) is 8.64. The van der Waals surface area contributed by atoms with Crippen molar-refractivity contribution in [3.8, 4) is 0 Å². The van der Waals surface area contributed by atoms with Crippen LogP contribution in [0.3, 0.4) is 0 Å². The van der Waals surface area contributed by atoms with E-state index in [4.69, 9.17) is 4.74 Å². The molecule has 0 aliphatic heterocycles. The van der Waals surface area contributed by atoms with Gasteiger partial charge < -0.3 is 9.47 Å². The van der Waals surface area contributed by atoms with Gasteiger partial charge in [-0.1, -0.05) is 19.6 Å². The van der Waals surface area contributed by atoms with Gasteiger partial charge in [0.25, 0.3) is 0 Å². The van der Waals surface area contributed by atoms with Gasteiger partial charge in [0.15, 0.2) is 0 Å². The third-order valence-corrected chi connectivity index (χ3v) is 5.77. The van der Waals surface area contributed by atoms with Crippen molar-refractivity contribution in [1.29, 1.82) is 0 Å². The third-order valence-electron chi connectivity index (χ3n) is 5.77. The van der Waals surface area contributed by atoms with Gasteiger partial charge in [-0.2, -0.15) is 0 Å². The summed E-state index contributed by atoms with van der Waals surface area (Å²) in [6.45, 7) is 9.48. The third kappa shape index (κ3) is 4.31. The van der Waals surface area contributed by atoms with Gasteiger partial charge >= 0.3 is 11.9 Å². The minimum Gasteiger partial charge on any atom is -0.463 e. The van der Waals surface area contributed by atoms with Crippen LogP contribution >= 0.6 is 0 Å². The summed E-state index contributed by atoms with van der Waals surface area (Å²) in [5, 5.41) is 0. The summed E-state index contributed by atoms with van der Waals surface area (Å²) >= 11 is 0. The highest BCUT2D eigenvalue weighted by Crippen LogP contribution is 2.65. The maximum atomic E-state index is 11.2. The molecule has 131 valence electrons. The Morgan fingerprint density at radius 3 is 2.38 bits per heavy atom. The molecule has 3 radical (unpaired) electrons. The molecule has 2 bridgehead atoms. The van der Waals surface area contributed by atoms with E-state index in [0.29, 0.717) is 18.6 Å². The second-order valence-electron chi connectivity index (χ2n) is 6.83. The standard InChI is InChI=1S/C14H20O2.C5H8O2.B/c1-2-13(15)16-9-14-7-6-10(8-14)11-4-3-5-12(11)14;1-3-5(6)7-4-2;/h2,10-12H,1,3-9H2;3H,1,4H2,2H3;/t10?,11-,12+,14?;;/m0../s1. The van der Waals surface area contributed by atoms with Gasteiger partial charge in [0, 0.05) is 26.0 Å².